The van der Waals surface area contributed by atoms with Gasteiger partial charge in [0.25, 0.3) is 5.91 Å². The molecular formula is C18H21F3N4O3. The second kappa shape index (κ2) is 9.36. The van der Waals surface area contributed by atoms with E-state index in [1.165, 1.54) is 23.1 Å². The molecule has 4 amide bonds. The van der Waals surface area contributed by atoms with Gasteiger partial charge in [-0.25, -0.2) is 4.79 Å². The first-order valence-electron chi connectivity index (χ1n) is 8.59. The molecule has 2 rings (SSSR count). The molecule has 1 aliphatic rings. The van der Waals surface area contributed by atoms with Crippen molar-refractivity contribution >= 4 is 17.8 Å². The Bertz CT molecular complexity index is 744. The van der Waals surface area contributed by atoms with Gasteiger partial charge in [0.2, 0.25) is 5.91 Å². The van der Waals surface area contributed by atoms with Gasteiger partial charge in [0.05, 0.1) is 17.7 Å². The van der Waals surface area contributed by atoms with E-state index in [9.17, 15) is 27.6 Å². The van der Waals surface area contributed by atoms with Crippen LogP contribution in [-0.4, -0.2) is 66.9 Å². The van der Waals surface area contributed by atoms with Gasteiger partial charge in [0.1, 0.15) is 0 Å². The lowest BCUT2D eigenvalue weighted by Gasteiger charge is -2.34. The van der Waals surface area contributed by atoms with E-state index in [0.717, 1.165) is 12.1 Å². The molecule has 1 aromatic carbocycles. The molecule has 0 radical (unpaired) electrons. The number of alkyl halides is 3. The highest BCUT2D eigenvalue weighted by Gasteiger charge is 2.36. The number of nitrogens with zero attached hydrogens (tertiary/aromatic N) is 2. The quantitative estimate of drug-likeness (QED) is 0.737. The number of nitrogens with one attached hydrogen (secondary N) is 2. The number of amides is 4. The van der Waals surface area contributed by atoms with Crippen LogP contribution < -0.4 is 10.6 Å². The zero-order valence-corrected chi connectivity index (χ0v) is 15.1. The third-order valence-corrected chi connectivity index (χ3v) is 4.15. The first kappa shape index (κ1) is 21.4. The average Bonchev–Trinajstić information content (AvgIpc) is 2.65. The maximum absolute atomic E-state index is 13.1. The minimum Gasteiger partial charge on any atom is -0.336 e. The molecule has 0 saturated carbocycles. The Morgan fingerprint density at radius 3 is 2.36 bits per heavy atom. The molecule has 7 nitrogen and oxygen atoms in total. The number of urea groups is 1. The van der Waals surface area contributed by atoms with Crippen LogP contribution >= 0.6 is 0 Å². The Labute approximate surface area is 160 Å². The molecule has 2 N–H and O–H groups in total. The molecule has 0 unspecified atom stereocenters. The second-order valence-electron chi connectivity index (χ2n) is 6.16. The fourth-order valence-corrected chi connectivity index (χ4v) is 2.77. The molecule has 1 fully saturated rings. The van der Waals surface area contributed by atoms with Crippen LogP contribution in [0.3, 0.4) is 0 Å². The van der Waals surface area contributed by atoms with E-state index >= 15 is 0 Å². The van der Waals surface area contributed by atoms with Crippen LogP contribution in [-0.2, 0) is 11.0 Å². The van der Waals surface area contributed by atoms with Crippen molar-refractivity contribution in [3.63, 3.8) is 0 Å². The first-order chi connectivity index (χ1) is 13.2. The molecule has 1 saturated heterocycles. The van der Waals surface area contributed by atoms with E-state index < -0.39 is 29.6 Å². The van der Waals surface area contributed by atoms with Gasteiger partial charge in [-0.1, -0.05) is 18.2 Å². The Morgan fingerprint density at radius 1 is 1.11 bits per heavy atom. The highest BCUT2D eigenvalue weighted by atomic mass is 19.4. The van der Waals surface area contributed by atoms with E-state index in [1.807, 2.05) is 0 Å². The number of piperazine rings is 1. The lowest BCUT2D eigenvalue weighted by atomic mass is 10.1. The maximum atomic E-state index is 13.1. The maximum Gasteiger partial charge on any atom is 0.417 e. The predicted octanol–water partition coefficient (Wildman–Crippen LogP) is 1.48. The van der Waals surface area contributed by atoms with E-state index in [4.69, 9.17) is 0 Å². The van der Waals surface area contributed by atoms with Crippen molar-refractivity contribution in [3.8, 4) is 0 Å². The first-order valence-corrected chi connectivity index (χ1v) is 8.59. The third kappa shape index (κ3) is 5.81. The largest absolute Gasteiger partial charge is 0.417 e. The van der Waals surface area contributed by atoms with Crippen molar-refractivity contribution in [2.24, 2.45) is 0 Å². The van der Waals surface area contributed by atoms with Gasteiger partial charge in [-0.15, -0.1) is 6.58 Å². The third-order valence-electron chi connectivity index (χ3n) is 4.15. The van der Waals surface area contributed by atoms with Gasteiger partial charge in [-0.2, -0.15) is 13.2 Å². The monoisotopic (exact) mass is 398 g/mol. The fourth-order valence-electron chi connectivity index (χ4n) is 2.77. The van der Waals surface area contributed by atoms with Gasteiger partial charge in [-0.05, 0) is 12.1 Å². The minimum absolute atomic E-state index is 0.0529. The molecule has 0 aromatic heterocycles. The summed E-state index contributed by atoms with van der Waals surface area (Å²) < 4.78 is 39.3. The van der Waals surface area contributed by atoms with E-state index in [2.05, 4.69) is 17.2 Å². The predicted molar refractivity (Wildman–Crippen MR) is 95.5 cm³/mol. The van der Waals surface area contributed by atoms with Crippen molar-refractivity contribution in [1.82, 2.24) is 20.4 Å². The number of carbonyl (C=O) groups is 3. The summed E-state index contributed by atoms with van der Waals surface area (Å²) in [5.74, 6) is -1.20. The summed E-state index contributed by atoms with van der Waals surface area (Å²) >= 11 is 0. The number of benzene rings is 1. The topological polar surface area (TPSA) is 81.8 Å². The number of rotatable bonds is 5. The van der Waals surface area contributed by atoms with Crippen molar-refractivity contribution in [2.75, 3.05) is 39.3 Å². The fraction of sp³-hybridized carbons (Fsp3) is 0.389. The molecule has 0 atom stereocenters. The average molecular weight is 398 g/mol. The van der Waals surface area contributed by atoms with Gasteiger partial charge in [0, 0.05) is 32.7 Å². The molecular weight excluding hydrogens is 377 g/mol. The van der Waals surface area contributed by atoms with E-state index in [-0.39, 0.29) is 31.7 Å². The molecule has 1 heterocycles. The normalized spacial score (nSPS) is 15.0. The Kier molecular flexibility index (Phi) is 7.16. The molecule has 152 valence electrons. The summed E-state index contributed by atoms with van der Waals surface area (Å²) in [5, 5.41) is 4.57. The summed E-state index contributed by atoms with van der Waals surface area (Å²) in [6.07, 6.45) is -3.14. The van der Waals surface area contributed by atoms with Crippen LogP contribution in [0.1, 0.15) is 15.9 Å². The lowest BCUT2D eigenvalue weighted by Crippen LogP contribution is -2.52. The zero-order valence-electron chi connectivity index (χ0n) is 15.1. The molecule has 0 bridgehead atoms. The summed E-state index contributed by atoms with van der Waals surface area (Å²) in [7, 11) is 0. The van der Waals surface area contributed by atoms with Gasteiger partial charge in [-0.3, -0.25) is 19.8 Å². The molecule has 1 aliphatic heterocycles. The summed E-state index contributed by atoms with van der Waals surface area (Å²) in [6.45, 7) is 4.58. The summed E-state index contributed by atoms with van der Waals surface area (Å²) in [4.78, 5) is 38.8. The summed E-state index contributed by atoms with van der Waals surface area (Å²) in [6, 6.07) is 4.03. The number of imide groups is 1. The number of carbonyl (C=O) groups excluding carboxylic acids is 3. The van der Waals surface area contributed by atoms with Crippen LogP contribution in [0.2, 0.25) is 0 Å². The van der Waals surface area contributed by atoms with Crippen molar-refractivity contribution in [3.05, 3.63) is 48.0 Å². The van der Waals surface area contributed by atoms with Crippen LogP contribution in [0.5, 0.6) is 0 Å². The molecule has 10 heteroatoms. The Hall–Kier alpha value is -2.88. The van der Waals surface area contributed by atoms with Gasteiger partial charge < -0.3 is 10.2 Å². The Morgan fingerprint density at radius 2 is 1.75 bits per heavy atom. The number of hydrogen-bond acceptors (Lipinski definition) is 4. The number of hydrogen-bond donors (Lipinski definition) is 2. The smallest absolute Gasteiger partial charge is 0.336 e. The van der Waals surface area contributed by atoms with Crippen LogP contribution in [0.25, 0.3) is 0 Å². The Balaban J connectivity index is 1.89. The van der Waals surface area contributed by atoms with Crippen molar-refractivity contribution < 1.29 is 27.6 Å². The molecule has 28 heavy (non-hydrogen) atoms. The SMILES string of the molecule is C=CCNC(=O)NC(=O)CN1CCN(C(=O)c2ccccc2C(F)(F)F)CC1. The summed E-state index contributed by atoms with van der Waals surface area (Å²) in [5.41, 5.74) is -1.35. The van der Waals surface area contributed by atoms with Gasteiger partial charge in [0.15, 0.2) is 0 Å². The van der Waals surface area contributed by atoms with Crippen LogP contribution in [0.4, 0.5) is 18.0 Å². The van der Waals surface area contributed by atoms with E-state index in [0.29, 0.717) is 13.1 Å². The zero-order chi connectivity index (χ0) is 20.7. The lowest BCUT2D eigenvalue weighted by molar-refractivity contribution is -0.138. The highest BCUT2D eigenvalue weighted by Crippen LogP contribution is 2.32. The second-order valence-corrected chi connectivity index (χ2v) is 6.16. The highest BCUT2D eigenvalue weighted by molar-refractivity contribution is 5.96. The number of halogens is 3. The molecule has 1 aromatic rings. The molecule has 0 aliphatic carbocycles. The standard InChI is InChI=1S/C18H21F3N4O3/c1-2-7-22-17(28)23-15(26)12-24-8-10-25(11-9-24)16(27)13-5-3-4-6-14(13)18(19,20)21/h2-6H,1,7-12H2,(H2,22,23,26,28). The van der Waals surface area contributed by atoms with Crippen molar-refractivity contribution in [1.29, 1.82) is 0 Å². The van der Waals surface area contributed by atoms with Gasteiger partial charge >= 0.3 is 12.2 Å². The van der Waals surface area contributed by atoms with Crippen molar-refractivity contribution in [2.45, 2.75) is 6.18 Å². The molecule has 0 spiro atoms. The van der Waals surface area contributed by atoms with Crippen LogP contribution in [0, 0.1) is 0 Å². The minimum atomic E-state index is -4.61. The van der Waals surface area contributed by atoms with E-state index in [1.54, 1.807) is 4.90 Å². The van der Waals surface area contributed by atoms with Crippen LogP contribution in [0.15, 0.2) is 36.9 Å².